The van der Waals surface area contributed by atoms with E-state index in [1.807, 2.05) is 6.08 Å². The van der Waals surface area contributed by atoms with Crippen molar-refractivity contribution in [2.75, 3.05) is 0 Å². The van der Waals surface area contributed by atoms with Gasteiger partial charge in [0.1, 0.15) is 5.78 Å². The van der Waals surface area contributed by atoms with Crippen LogP contribution in [0.2, 0.25) is 0 Å². The number of carboxylic acids is 1. The number of ketones is 2. The van der Waals surface area contributed by atoms with E-state index in [2.05, 4.69) is 26.8 Å². The molecule has 0 spiro atoms. The van der Waals surface area contributed by atoms with Crippen LogP contribution in [0, 0.1) is 34.0 Å². The van der Waals surface area contributed by atoms with Crippen LogP contribution < -0.4 is 0 Å². The van der Waals surface area contributed by atoms with Gasteiger partial charge in [-0.15, -0.1) is 0 Å². The van der Waals surface area contributed by atoms with Gasteiger partial charge in [-0.3, -0.25) is 14.4 Å². The molecule has 4 nitrogen and oxygen atoms in total. The van der Waals surface area contributed by atoms with E-state index in [0.717, 1.165) is 25.7 Å². The maximum absolute atomic E-state index is 12.8. The fourth-order valence-corrected chi connectivity index (χ4v) is 7.80. The Morgan fingerprint density at radius 1 is 1.14 bits per heavy atom. The van der Waals surface area contributed by atoms with Crippen molar-refractivity contribution >= 4 is 17.5 Å². The topological polar surface area (TPSA) is 71.4 Å². The standard InChI is InChI=1S/C24H32O4/c1-14-11-17-18(22(3)8-5-16(26)12-20(14)22)6-9-23(4)19(17)7-10-24(23,15(2)25)13-21(27)28/h11-12,17-19H,5-10,13H2,1-4H3,(H,27,28). The van der Waals surface area contributed by atoms with Crippen molar-refractivity contribution in [3.05, 3.63) is 23.3 Å². The van der Waals surface area contributed by atoms with Crippen LogP contribution in [-0.2, 0) is 14.4 Å². The molecule has 6 atom stereocenters. The van der Waals surface area contributed by atoms with Crippen molar-refractivity contribution in [2.24, 2.45) is 34.0 Å². The molecule has 0 heterocycles. The van der Waals surface area contributed by atoms with E-state index in [0.29, 0.717) is 30.6 Å². The van der Waals surface area contributed by atoms with Gasteiger partial charge in [0.2, 0.25) is 0 Å². The Kier molecular flexibility index (Phi) is 4.30. The second kappa shape index (κ2) is 6.14. The summed E-state index contributed by atoms with van der Waals surface area (Å²) in [4.78, 5) is 36.5. The molecular weight excluding hydrogens is 352 g/mol. The number of hydrogen-bond acceptors (Lipinski definition) is 3. The molecule has 2 fully saturated rings. The van der Waals surface area contributed by atoms with E-state index in [-0.39, 0.29) is 28.8 Å². The first kappa shape index (κ1) is 19.6. The Balaban J connectivity index is 1.79. The molecule has 0 aromatic rings. The van der Waals surface area contributed by atoms with E-state index in [1.54, 1.807) is 6.92 Å². The lowest BCUT2D eigenvalue weighted by molar-refractivity contribution is -0.153. The SMILES string of the molecule is CC(=O)C1(CC(=O)O)CCC2C3C=C(C)C4=CC(=O)CCC4(C)C3CCC21C. The van der Waals surface area contributed by atoms with Gasteiger partial charge in [0.15, 0.2) is 5.78 Å². The van der Waals surface area contributed by atoms with Gasteiger partial charge < -0.3 is 5.11 Å². The molecule has 1 N–H and O–H groups in total. The van der Waals surface area contributed by atoms with Crippen molar-refractivity contribution in [2.45, 2.75) is 72.6 Å². The van der Waals surface area contributed by atoms with E-state index in [1.165, 1.54) is 11.1 Å². The highest BCUT2D eigenvalue weighted by atomic mass is 16.4. The van der Waals surface area contributed by atoms with Gasteiger partial charge in [-0.1, -0.05) is 25.5 Å². The van der Waals surface area contributed by atoms with E-state index < -0.39 is 11.4 Å². The predicted molar refractivity (Wildman–Crippen MR) is 107 cm³/mol. The lowest BCUT2D eigenvalue weighted by Crippen LogP contribution is -2.54. The van der Waals surface area contributed by atoms with Crippen LogP contribution in [0.5, 0.6) is 0 Å². The summed E-state index contributed by atoms with van der Waals surface area (Å²) >= 11 is 0. The average Bonchev–Trinajstić information content (AvgIpc) is 2.90. The molecule has 0 aliphatic heterocycles. The summed E-state index contributed by atoms with van der Waals surface area (Å²) in [6.45, 7) is 8.23. The molecule has 0 bridgehead atoms. The molecule has 4 aliphatic rings. The third-order valence-corrected chi connectivity index (χ3v) is 9.32. The number of fused-ring (bicyclic) bond motifs is 5. The van der Waals surface area contributed by atoms with Crippen molar-refractivity contribution in [3.8, 4) is 0 Å². The van der Waals surface area contributed by atoms with E-state index in [4.69, 9.17) is 0 Å². The lowest BCUT2D eigenvalue weighted by Gasteiger charge is -2.58. The summed E-state index contributed by atoms with van der Waals surface area (Å²) in [7, 11) is 0. The summed E-state index contributed by atoms with van der Waals surface area (Å²) in [6.07, 6.45) is 9.20. The molecule has 0 radical (unpaired) electrons. The normalized spacial score (nSPS) is 44.7. The molecule has 28 heavy (non-hydrogen) atoms. The van der Waals surface area contributed by atoms with Crippen molar-refractivity contribution in [1.29, 1.82) is 0 Å². The van der Waals surface area contributed by atoms with E-state index in [9.17, 15) is 19.5 Å². The minimum Gasteiger partial charge on any atom is -0.481 e. The minimum absolute atomic E-state index is 0.0208. The van der Waals surface area contributed by atoms with Gasteiger partial charge in [-0.2, -0.15) is 0 Å². The molecule has 2 saturated carbocycles. The van der Waals surface area contributed by atoms with Crippen LogP contribution in [0.4, 0.5) is 0 Å². The first-order valence-electron chi connectivity index (χ1n) is 10.7. The maximum atomic E-state index is 12.8. The highest BCUT2D eigenvalue weighted by molar-refractivity contribution is 5.92. The Morgan fingerprint density at radius 2 is 1.82 bits per heavy atom. The Bertz CT molecular complexity index is 820. The largest absolute Gasteiger partial charge is 0.481 e. The van der Waals surface area contributed by atoms with Crippen LogP contribution >= 0.6 is 0 Å². The van der Waals surface area contributed by atoms with Crippen molar-refractivity contribution < 1.29 is 19.5 Å². The Morgan fingerprint density at radius 3 is 2.46 bits per heavy atom. The fourth-order valence-electron chi connectivity index (χ4n) is 7.80. The maximum Gasteiger partial charge on any atom is 0.304 e. The third kappa shape index (κ3) is 2.39. The molecule has 152 valence electrons. The second-order valence-corrected chi connectivity index (χ2v) is 10.3. The first-order valence-corrected chi connectivity index (χ1v) is 10.7. The van der Waals surface area contributed by atoms with Gasteiger partial charge in [0.05, 0.1) is 6.42 Å². The molecule has 0 aromatic heterocycles. The average molecular weight is 385 g/mol. The molecule has 0 saturated heterocycles. The number of rotatable bonds is 3. The number of carbonyl (C=O) groups is 3. The number of Topliss-reactive ketones (excluding diaryl/α,β-unsaturated/α-hetero) is 1. The van der Waals surface area contributed by atoms with Crippen molar-refractivity contribution in [1.82, 2.24) is 0 Å². The zero-order valence-corrected chi connectivity index (χ0v) is 17.5. The zero-order chi connectivity index (χ0) is 20.5. The molecule has 4 heteroatoms. The van der Waals surface area contributed by atoms with Crippen LogP contribution in [0.25, 0.3) is 0 Å². The smallest absolute Gasteiger partial charge is 0.304 e. The fraction of sp³-hybridized carbons (Fsp3) is 0.708. The van der Waals surface area contributed by atoms with Crippen LogP contribution in [0.3, 0.4) is 0 Å². The van der Waals surface area contributed by atoms with Crippen LogP contribution in [0.1, 0.15) is 72.6 Å². The van der Waals surface area contributed by atoms with E-state index >= 15 is 0 Å². The third-order valence-electron chi connectivity index (χ3n) is 9.32. The molecular formula is C24H32O4. The lowest BCUT2D eigenvalue weighted by atomic mass is 9.45. The number of hydrogen-bond donors (Lipinski definition) is 1. The zero-order valence-electron chi connectivity index (χ0n) is 17.5. The van der Waals surface area contributed by atoms with Gasteiger partial charge in [-0.25, -0.2) is 0 Å². The van der Waals surface area contributed by atoms with Gasteiger partial charge in [-0.05, 0) is 86.2 Å². The molecule has 0 amide bonds. The number of carboxylic acid groups (broad SMARTS) is 1. The predicted octanol–water partition coefficient (Wildman–Crippen LogP) is 4.73. The number of aliphatic carboxylic acids is 1. The van der Waals surface area contributed by atoms with Gasteiger partial charge >= 0.3 is 5.97 Å². The summed E-state index contributed by atoms with van der Waals surface area (Å²) in [5.74, 6) is 0.588. The van der Waals surface area contributed by atoms with Crippen LogP contribution in [0.15, 0.2) is 23.3 Å². The molecule has 4 rings (SSSR count). The summed E-state index contributed by atoms with van der Waals surface area (Å²) in [6, 6.07) is 0. The highest BCUT2D eigenvalue weighted by Gasteiger charge is 2.65. The van der Waals surface area contributed by atoms with Gasteiger partial charge in [0, 0.05) is 11.8 Å². The summed E-state index contributed by atoms with van der Waals surface area (Å²) in [5, 5.41) is 9.58. The minimum atomic E-state index is -0.863. The molecule has 6 unspecified atom stereocenters. The quantitative estimate of drug-likeness (QED) is 0.763. The number of allylic oxidation sites excluding steroid dienone is 4. The molecule has 0 aromatic carbocycles. The Labute approximate surface area is 167 Å². The first-order chi connectivity index (χ1) is 13.0. The second-order valence-electron chi connectivity index (χ2n) is 10.3. The summed E-state index contributed by atoms with van der Waals surface area (Å²) < 4.78 is 0. The highest BCUT2D eigenvalue weighted by Crippen LogP contribution is 2.70. The van der Waals surface area contributed by atoms with Crippen LogP contribution in [-0.4, -0.2) is 22.6 Å². The van der Waals surface area contributed by atoms with Crippen molar-refractivity contribution in [3.63, 3.8) is 0 Å². The Hall–Kier alpha value is -1.71. The number of carbonyl (C=O) groups excluding carboxylic acids is 2. The van der Waals surface area contributed by atoms with Gasteiger partial charge in [0.25, 0.3) is 0 Å². The monoisotopic (exact) mass is 384 g/mol. The molecule has 4 aliphatic carbocycles. The summed E-state index contributed by atoms with van der Waals surface area (Å²) in [5.41, 5.74) is 1.44.